The van der Waals surface area contributed by atoms with Crippen LogP contribution in [0.25, 0.3) is 0 Å². The first-order valence-electron chi connectivity index (χ1n) is 6.38. The van der Waals surface area contributed by atoms with Gasteiger partial charge in [-0.25, -0.2) is 13.2 Å². The molecule has 0 saturated heterocycles. The Bertz CT molecular complexity index is 649. The van der Waals surface area contributed by atoms with Gasteiger partial charge in [0.25, 0.3) is 5.91 Å². The Morgan fingerprint density at radius 1 is 1.29 bits per heavy atom. The number of rotatable bonds is 5. The van der Waals surface area contributed by atoms with Gasteiger partial charge in [-0.15, -0.1) is 0 Å². The Labute approximate surface area is 124 Å². The van der Waals surface area contributed by atoms with Gasteiger partial charge in [-0.2, -0.15) is 0 Å². The molecule has 21 heavy (non-hydrogen) atoms. The molecule has 1 N–H and O–H groups in total. The molecular formula is C14H19NO5S. The second-order valence-corrected chi connectivity index (χ2v) is 7.06. The molecule has 0 spiro atoms. The third-order valence-electron chi connectivity index (χ3n) is 2.64. The molecule has 1 aromatic carbocycles. The highest BCUT2D eigenvalue weighted by Gasteiger charge is 2.16. The van der Waals surface area contributed by atoms with E-state index in [2.05, 4.69) is 5.32 Å². The monoisotopic (exact) mass is 313 g/mol. The zero-order chi connectivity index (χ0) is 16.2. The number of nitrogens with one attached hydrogen (secondary N) is 1. The van der Waals surface area contributed by atoms with Crippen LogP contribution in [0, 0.1) is 6.92 Å². The van der Waals surface area contributed by atoms with Crippen molar-refractivity contribution in [1.82, 2.24) is 5.32 Å². The minimum Gasteiger partial charge on any atom is -0.452 e. The summed E-state index contributed by atoms with van der Waals surface area (Å²) in [6.45, 7) is 4.84. The van der Waals surface area contributed by atoms with E-state index in [9.17, 15) is 18.0 Å². The summed E-state index contributed by atoms with van der Waals surface area (Å²) < 4.78 is 27.9. The standard InChI is InChI=1S/C14H19NO5S/c1-9(2)15-13(16)8-20-14(17)12-7-11(21(4,18)19)6-5-10(12)3/h5-7,9H,8H2,1-4H3,(H,15,16). The number of ether oxygens (including phenoxy) is 1. The van der Waals surface area contributed by atoms with Crippen LogP contribution in [0.15, 0.2) is 23.1 Å². The molecule has 0 unspecified atom stereocenters. The smallest absolute Gasteiger partial charge is 0.338 e. The van der Waals surface area contributed by atoms with Crippen molar-refractivity contribution in [3.05, 3.63) is 29.3 Å². The molecule has 0 radical (unpaired) electrons. The fourth-order valence-electron chi connectivity index (χ4n) is 1.62. The van der Waals surface area contributed by atoms with Crippen molar-refractivity contribution in [2.24, 2.45) is 0 Å². The van der Waals surface area contributed by atoms with Crippen molar-refractivity contribution in [1.29, 1.82) is 0 Å². The van der Waals surface area contributed by atoms with Gasteiger partial charge in [0.2, 0.25) is 0 Å². The molecule has 0 heterocycles. The highest BCUT2D eigenvalue weighted by molar-refractivity contribution is 7.90. The molecule has 0 bridgehead atoms. The number of aryl methyl sites for hydroxylation is 1. The average molecular weight is 313 g/mol. The summed E-state index contributed by atoms with van der Waals surface area (Å²) in [5.41, 5.74) is 0.715. The Hall–Kier alpha value is -1.89. The van der Waals surface area contributed by atoms with Crippen molar-refractivity contribution in [2.75, 3.05) is 12.9 Å². The summed E-state index contributed by atoms with van der Waals surface area (Å²) in [5.74, 6) is -1.13. The summed E-state index contributed by atoms with van der Waals surface area (Å²) >= 11 is 0. The minimum atomic E-state index is -3.41. The van der Waals surface area contributed by atoms with Crippen molar-refractivity contribution in [3.8, 4) is 0 Å². The van der Waals surface area contributed by atoms with Crippen LogP contribution in [0.5, 0.6) is 0 Å². The third-order valence-corrected chi connectivity index (χ3v) is 3.75. The Morgan fingerprint density at radius 3 is 2.43 bits per heavy atom. The molecule has 1 aromatic rings. The first-order valence-corrected chi connectivity index (χ1v) is 8.27. The van der Waals surface area contributed by atoms with E-state index in [1.807, 2.05) is 0 Å². The fraction of sp³-hybridized carbons (Fsp3) is 0.429. The van der Waals surface area contributed by atoms with E-state index < -0.39 is 28.3 Å². The number of sulfone groups is 1. The molecule has 0 aliphatic carbocycles. The van der Waals surface area contributed by atoms with Gasteiger partial charge in [-0.3, -0.25) is 4.79 Å². The number of hydrogen-bond acceptors (Lipinski definition) is 5. The average Bonchev–Trinajstić information content (AvgIpc) is 2.34. The molecule has 0 atom stereocenters. The molecule has 0 aromatic heterocycles. The maximum atomic E-state index is 11.9. The van der Waals surface area contributed by atoms with Crippen LogP contribution in [0.3, 0.4) is 0 Å². The number of benzene rings is 1. The lowest BCUT2D eigenvalue weighted by Gasteiger charge is -2.10. The predicted octanol–water partition coefficient (Wildman–Crippen LogP) is 1.08. The van der Waals surface area contributed by atoms with Gasteiger partial charge < -0.3 is 10.1 Å². The lowest BCUT2D eigenvalue weighted by atomic mass is 10.1. The summed E-state index contributed by atoms with van der Waals surface area (Å²) in [5, 5.41) is 2.59. The lowest BCUT2D eigenvalue weighted by Crippen LogP contribution is -2.34. The Morgan fingerprint density at radius 2 is 1.90 bits per heavy atom. The maximum absolute atomic E-state index is 11.9. The van der Waals surface area contributed by atoms with Gasteiger partial charge in [0.15, 0.2) is 16.4 Å². The molecule has 1 amide bonds. The summed E-state index contributed by atoms with van der Waals surface area (Å²) in [6, 6.07) is 4.16. The molecule has 0 aliphatic rings. The second-order valence-electron chi connectivity index (χ2n) is 5.05. The van der Waals surface area contributed by atoms with Crippen LogP contribution < -0.4 is 5.32 Å². The lowest BCUT2D eigenvalue weighted by molar-refractivity contribution is -0.124. The zero-order valence-electron chi connectivity index (χ0n) is 12.5. The number of carbonyl (C=O) groups excluding carboxylic acids is 2. The molecule has 0 saturated carbocycles. The normalized spacial score (nSPS) is 11.3. The van der Waals surface area contributed by atoms with Crippen molar-refractivity contribution in [3.63, 3.8) is 0 Å². The quantitative estimate of drug-likeness (QED) is 0.822. The predicted molar refractivity (Wildman–Crippen MR) is 77.9 cm³/mol. The van der Waals surface area contributed by atoms with Crippen LogP contribution in [0.2, 0.25) is 0 Å². The van der Waals surface area contributed by atoms with E-state index in [0.29, 0.717) is 5.56 Å². The van der Waals surface area contributed by atoms with Crippen LogP contribution >= 0.6 is 0 Å². The van der Waals surface area contributed by atoms with Crippen LogP contribution in [0.1, 0.15) is 29.8 Å². The first kappa shape index (κ1) is 17.2. The largest absolute Gasteiger partial charge is 0.452 e. The second kappa shape index (κ2) is 6.71. The van der Waals surface area contributed by atoms with Crippen molar-refractivity contribution < 1.29 is 22.7 Å². The summed E-state index contributed by atoms with van der Waals surface area (Å²) in [4.78, 5) is 23.4. The van der Waals surface area contributed by atoms with Crippen LogP contribution in [-0.2, 0) is 19.4 Å². The van der Waals surface area contributed by atoms with Gasteiger partial charge in [0, 0.05) is 12.3 Å². The summed E-state index contributed by atoms with van der Waals surface area (Å²) in [7, 11) is -3.41. The van der Waals surface area contributed by atoms with E-state index in [1.165, 1.54) is 18.2 Å². The van der Waals surface area contributed by atoms with Gasteiger partial charge in [-0.05, 0) is 38.5 Å². The molecule has 6 nitrogen and oxygen atoms in total. The zero-order valence-corrected chi connectivity index (χ0v) is 13.3. The van der Waals surface area contributed by atoms with E-state index >= 15 is 0 Å². The third kappa shape index (κ3) is 5.18. The van der Waals surface area contributed by atoms with Gasteiger partial charge in [0.05, 0.1) is 10.5 Å². The van der Waals surface area contributed by atoms with E-state index in [4.69, 9.17) is 4.74 Å². The van der Waals surface area contributed by atoms with Gasteiger partial charge in [-0.1, -0.05) is 6.07 Å². The van der Waals surface area contributed by atoms with Gasteiger partial charge in [0.1, 0.15) is 0 Å². The van der Waals surface area contributed by atoms with E-state index in [1.54, 1.807) is 20.8 Å². The number of amides is 1. The Kier molecular flexibility index (Phi) is 5.48. The molecule has 0 aliphatic heterocycles. The maximum Gasteiger partial charge on any atom is 0.338 e. The van der Waals surface area contributed by atoms with E-state index in [0.717, 1.165) is 6.26 Å². The fourth-order valence-corrected chi connectivity index (χ4v) is 2.27. The van der Waals surface area contributed by atoms with Crippen LogP contribution in [-0.4, -0.2) is 39.2 Å². The topological polar surface area (TPSA) is 89.5 Å². The molecule has 7 heteroatoms. The minimum absolute atomic E-state index is 0.0340. The summed E-state index contributed by atoms with van der Waals surface area (Å²) in [6.07, 6.45) is 1.06. The number of esters is 1. The molecule has 0 fully saturated rings. The molecule has 1 rings (SSSR count). The number of carbonyl (C=O) groups is 2. The SMILES string of the molecule is Cc1ccc(S(C)(=O)=O)cc1C(=O)OCC(=O)NC(C)C. The molecule has 116 valence electrons. The first-order chi connectivity index (χ1) is 9.61. The number of hydrogen-bond donors (Lipinski definition) is 1. The van der Waals surface area contributed by atoms with Gasteiger partial charge >= 0.3 is 5.97 Å². The van der Waals surface area contributed by atoms with Crippen LogP contribution in [0.4, 0.5) is 0 Å². The highest BCUT2D eigenvalue weighted by atomic mass is 32.2. The van der Waals surface area contributed by atoms with Crippen molar-refractivity contribution >= 4 is 21.7 Å². The van der Waals surface area contributed by atoms with E-state index in [-0.39, 0.29) is 16.5 Å². The van der Waals surface area contributed by atoms with Crippen molar-refractivity contribution in [2.45, 2.75) is 31.7 Å². The highest BCUT2D eigenvalue weighted by Crippen LogP contribution is 2.16. The Balaban J connectivity index is 2.85. The molecular weight excluding hydrogens is 294 g/mol.